The Kier molecular flexibility index (Phi) is 8.28. The highest BCUT2D eigenvalue weighted by atomic mass is 16.4. The van der Waals surface area contributed by atoms with E-state index in [1.54, 1.807) is 36.8 Å². The molecule has 0 spiro atoms. The molecular formula is C25H22N4O6. The molecule has 5 N–H and O–H groups in total. The first-order valence-electron chi connectivity index (χ1n) is 10.4. The molecule has 178 valence electrons. The minimum absolute atomic E-state index is 0.0798. The largest absolute Gasteiger partial charge is 0.478 e. The minimum Gasteiger partial charge on any atom is -0.478 e. The Morgan fingerprint density at radius 3 is 1.60 bits per heavy atom. The van der Waals surface area contributed by atoms with Crippen LogP contribution in [0, 0.1) is 0 Å². The van der Waals surface area contributed by atoms with Gasteiger partial charge in [0.05, 0.1) is 6.33 Å². The Hall–Kier alpha value is -4.99. The number of imidazole rings is 1. The first-order valence-corrected chi connectivity index (χ1v) is 10.4. The molecule has 35 heavy (non-hydrogen) atoms. The van der Waals surface area contributed by atoms with Crippen molar-refractivity contribution in [3.63, 3.8) is 0 Å². The van der Waals surface area contributed by atoms with Crippen LogP contribution in [0.3, 0.4) is 0 Å². The van der Waals surface area contributed by atoms with Crippen LogP contribution in [0.2, 0.25) is 0 Å². The lowest BCUT2D eigenvalue weighted by atomic mass is 9.87. The average molecular weight is 474 g/mol. The number of amides is 2. The third kappa shape index (κ3) is 7.82. The molecule has 0 radical (unpaired) electrons. The molecule has 10 heteroatoms. The fourth-order valence-corrected chi connectivity index (χ4v) is 3.30. The van der Waals surface area contributed by atoms with Gasteiger partial charge in [-0.05, 0) is 41.8 Å². The summed E-state index contributed by atoms with van der Waals surface area (Å²) >= 11 is 0. The van der Waals surface area contributed by atoms with Gasteiger partial charge >= 0.3 is 11.9 Å². The van der Waals surface area contributed by atoms with Crippen molar-refractivity contribution in [3.05, 3.63) is 102 Å². The van der Waals surface area contributed by atoms with Gasteiger partial charge in [0.2, 0.25) is 11.8 Å². The van der Waals surface area contributed by atoms with Crippen molar-refractivity contribution < 1.29 is 29.4 Å². The van der Waals surface area contributed by atoms with Crippen LogP contribution < -0.4 is 10.6 Å². The van der Waals surface area contributed by atoms with Gasteiger partial charge in [-0.3, -0.25) is 9.59 Å². The van der Waals surface area contributed by atoms with Crippen molar-refractivity contribution in [2.75, 3.05) is 10.6 Å². The number of rotatable bonds is 10. The molecule has 0 bridgehead atoms. The zero-order valence-corrected chi connectivity index (χ0v) is 18.3. The standard InChI is InChI=1S/C25H22N4O6/c30-22(9-11-24(32)33)28-18-5-1-16(2-6-18)21(13-20-14-26-15-27-20)17-3-7-19(8-4-17)29-23(31)10-12-25(34)35/h1-12,14-15,21H,13H2,(H,26,27)(H,28,30)(H,29,31)(H,32,33)(H,34,35)/b11-9+,12-10+. The normalized spacial score (nSPS) is 11.1. The third-order valence-corrected chi connectivity index (χ3v) is 4.89. The molecule has 0 unspecified atom stereocenters. The quantitative estimate of drug-likeness (QED) is 0.282. The number of H-pyrrole nitrogens is 1. The van der Waals surface area contributed by atoms with Crippen molar-refractivity contribution in [1.29, 1.82) is 0 Å². The predicted molar refractivity (Wildman–Crippen MR) is 128 cm³/mol. The topological polar surface area (TPSA) is 161 Å². The monoisotopic (exact) mass is 474 g/mol. The second kappa shape index (κ2) is 11.8. The number of aliphatic carboxylic acids is 2. The van der Waals surface area contributed by atoms with Crippen LogP contribution in [0.4, 0.5) is 11.4 Å². The average Bonchev–Trinajstić information content (AvgIpc) is 3.35. The van der Waals surface area contributed by atoms with E-state index in [0.29, 0.717) is 17.8 Å². The molecule has 3 aromatic rings. The number of hydrogen-bond donors (Lipinski definition) is 5. The number of hydrogen-bond acceptors (Lipinski definition) is 5. The molecule has 0 atom stereocenters. The van der Waals surface area contributed by atoms with Gasteiger partial charge in [-0.2, -0.15) is 0 Å². The number of aromatic amines is 1. The number of carboxylic acids is 2. The fourth-order valence-electron chi connectivity index (χ4n) is 3.30. The number of anilines is 2. The lowest BCUT2D eigenvalue weighted by Gasteiger charge is -2.18. The van der Waals surface area contributed by atoms with E-state index >= 15 is 0 Å². The second-order valence-electron chi connectivity index (χ2n) is 7.40. The van der Waals surface area contributed by atoms with E-state index in [4.69, 9.17) is 10.2 Å². The fraction of sp³-hybridized carbons (Fsp3) is 0.0800. The maximum Gasteiger partial charge on any atom is 0.328 e. The van der Waals surface area contributed by atoms with Crippen LogP contribution in [0.5, 0.6) is 0 Å². The molecule has 0 saturated carbocycles. The Morgan fingerprint density at radius 2 is 1.23 bits per heavy atom. The predicted octanol–water partition coefficient (Wildman–Crippen LogP) is 2.94. The van der Waals surface area contributed by atoms with Gasteiger partial charge in [-0.15, -0.1) is 0 Å². The Bertz CT molecular complexity index is 1160. The van der Waals surface area contributed by atoms with E-state index in [2.05, 4.69) is 20.6 Å². The number of benzene rings is 2. The maximum absolute atomic E-state index is 11.8. The van der Waals surface area contributed by atoms with E-state index in [1.807, 2.05) is 24.3 Å². The van der Waals surface area contributed by atoms with Crippen LogP contribution in [0.25, 0.3) is 0 Å². The Labute approximate surface area is 200 Å². The lowest BCUT2D eigenvalue weighted by Crippen LogP contribution is -2.10. The van der Waals surface area contributed by atoms with Crippen molar-refractivity contribution in [2.24, 2.45) is 0 Å². The summed E-state index contributed by atoms with van der Waals surface area (Å²) in [4.78, 5) is 51.9. The molecule has 0 saturated heterocycles. The molecule has 10 nitrogen and oxygen atoms in total. The molecule has 0 aliphatic rings. The van der Waals surface area contributed by atoms with Crippen LogP contribution >= 0.6 is 0 Å². The highest BCUT2D eigenvalue weighted by Gasteiger charge is 2.16. The summed E-state index contributed by atoms with van der Waals surface area (Å²) in [6.07, 6.45) is 7.35. The van der Waals surface area contributed by atoms with E-state index in [9.17, 15) is 19.2 Å². The SMILES string of the molecule is O=C(O)/C=C/C(=O)Nc1ccc(C(Cc2cnc[nH]2)c2ccc(NC(=O)/C=C/C(=O)O)cc2)cc1. The zero-order chi connectivity index (χ0) is 25.2. The summed E-state index contributed by atoms with van der Waals surface area (Å²) in [5, 5.41) is 22.5. The summed E-state index contributed by atoms with van der Waals surface area (Å²) in [6, 6.07) is 14.4. The van der Waals surface area contributed by atoms with Crippen LogP contribution in [-0.4, -0.2) is 43.9 Å². The highest BCUT2D eigenvalue weighted by molar-refractivity contribution is 6.03. The Morgan fingerprint density at radius 1 is 0.771 bits per heavy atom. The van der Waals surface area contributed by atoms with Gasteiger partial charge in [0.1, 0.15) is 0 Å². The molecule has 1 aromatic heterocycles. The van der Waals surface area contributed by atoms with E-state index in [0.717, 1.165) is 41.1 Å². The first kappa shape index (κ1) is 24.6. The second-order valence-corrected chi connectivity index (χ2v) is 7.40. The number of carboxylic acid groups (broad SMARTS) is 2. The summed E-state index contributed by atoms with van der Waals surface area (Å²) in [6.45, 7) is 0. The molecular weight excluding hydrogens is 452 g/mol. The van der Waals surface area contributed by atoms with E-state index < -0.39 is 23.8 Å². The summed E-state index contributed by atoms with van der Waals surface area (Å²) in [5.41, 5.74) is 3.87. The number of aromatic nitrogens is 2. The zero-order valence-electron chi connectivity index (χ0n) is 18.3. The molecule has 1 heterocycles. The Balaban J connectivity index is 1.78. The van der Waals surface area contributed by atoms with Gasteiger partial charge in [0.25, 0.3) is 0 Å². The first-order chi connectivity index (χ1) is 16.8. The van der Waals surface area contributed by atoms with Crippen LogP contribution in [-0.2, 0) is 25.6 Å². The molecule has 2 amide bonds. The van der Waals surface area contributed by atoms with Crippen molar-refractivity contribution in [3.8, 4) is 0 Å². The van der Waals surface area contributed by atoms with Gasteiger partial charge in [0, 0.05) is 53.5 Å². The van der Waals surface area contributed by atoms with Crippen molar-refractivity contribution in [2.45, 2.75) is 12.3 Å². The molecule has 2 aromatic carbocycles. The lowest BCUT2D eigenvalue weighted by molar-refractivity contribution is -0.132. The molecule has 0 aliphatic heterocycles. The van der Waals surface area contributed by atoms with Gasteiger partial charge in [-0.1, -0.05) is 24.3 Å². The maximum atomic E-state index is 11.8. The van der Waals surface area contributed by atoms with Gasteiger partial charge < -0.3 is 25.8 Å². The number of carbonyl (C=O) groups is 4. The third-order valence-electron chi connectivity index (χ3n) is 4.89. The highest BCUT2D eigenvalue weighted by Crippen LogP contribution is 2.30. The van der Waals surface area contributed by atoms with Gasteiger partial charge in [-0.25, -0.2) is 14.6 Å². The van der Waals surface area contributed by atoms with Crippen molar-refractivity contribution >= 4 is 35.1 Å². The molecule has 0 aliphatic carbocycles. The molecule has 3 rings (SSSR count). The van der Waals surface area contributed by atoms with Crippen LogP contribution in [0.15, 0.2) is 85.4 Å². The van der Waals surface area contributed by atoms with Gasteiger partial charge in [0.15, 0.2) is 0 Å². The number of nitrogens with zero attached hydrogens (tertiary/aromatic N) is 1. The molecule has 0 fully saturated rings. The van der Waals surface area contributed by atoms with E-state index in [-0.39, 0.29) is 5.92 Å². The number of carbonyl (C=O) groups excluding carboxylic acids is 2. The minimum atomic E-state index is -1.21. The summed E-state index contributed by atoms with van der Waals surface area (Å²) in [5.74, 6) is -3.60. The summed E-state index contributed by atoms with van der Waals surface area (Å²) in [7, 11) is 0. The summed E-state index contributed by atoms with van der Waals surface area (Å²) < 4.78 is 0. The smallest absolute Gasteiger partial charge is 0.328 e. The van der Waals surface area contributed by atoms with Crippen LogP contribution in [0.1, 0.15) is 22.7 Å². The number of nitrogens with one attached hydrogen (secondary N) is 3. The van der Waals surface area contributed by atoms with E-state index in [1.165, 1.54) is 0 Å². The van der Waals surface area contributed by atoms with Crippen molar-refractivity contribution in [1.82, 2.24) is 9.97 Å².